The van der Waals surface area contributed by atoms with Crippen molar-refractivity contribution in [1.82, 2.24) is 10.6 Å². The van der Waals surface area contributed by atoms with Gasteiger partial charge in [0.2, 0.25) is 11.8 Å². The third-order valence-electron chi connectivity index (χ3n) is 10.3. The summed E-state index contributed by atoms with van der Waals surface area (Å²) in [5, 5.41) is 74.8. The molecular formula is C38H72N4O19P2. The number of ether oxygens (including phenoxy) is 4. The fourth-order valence-corrected chi connectivity index (χ4v) is 7.75. The first-order valence-electron chi connectivity index (χ1n) is 21.1. The first-order valence-corrected chi connectivity index (χ1v) is 25.2. The monoisotopic (exact) mass is 950 g/mol. The normalized spacial score (nSPS) is 28.8. The minimum absolute atomic E-state index is 0.0193. The third kappa shape index (κ3) is 22.7. The molecule has 2 heterocycles. The smallest absolute Gasteiger partial charge is 0.325 e. The highest BCUT2D eigenvalue weighted by molar-refractivity contribution is 7.57. The molecule has 23 nitrogen and oxygen atoms in total. The van der Waals surface area contributed by atoms with E-state index < -0.39 is 82.5 Å². The van der Waals surface area contributed by atoms with Crippen molar-refractivity contribution in [2.24, 2.45) is 15.7 Å². The molecular weight excluding hydrogens is 878 g/mol. The standard InChI is InChI=1S/C38H72N4O19P2/c1-23(41-58-19-17-56-36-34(49)32(47)30(45)25(60-36)14-21-62(6,51)52)10-12-28(43)39-16-8-7-9-27(38(3,4)5)40-29(44)13-11-24(2)42-59-20-18-57-37-35(50)33(48)31(46)26(61-37)15-22-63(53,54)55/h25-27,30-37,45-50H,7-22H2,1-6H3,(H,39,43)(H,40,44)(H,51,52)(H2,53,54,55)/b41-23+,42-24-/t25-,26-,27+,30-,31-,32+,33+,34+,35+,36+,37+/m1/s1. The number of nitrogens with one attached hydrogen (secondary N) is 2. The zero-order chi connectivity index (χ0) is 47.5. The largest absolute Gasteiger partial charge is 0.393 e. The number of carbonyl (C=O) groups is 2. The van der Waals surface area contributed by atoms with Crippen molar-refractivity contribution in [3.63, 3.8) is 0 Å². The highest BCUT2D eigenvalue weighted by Crippen LogP contribution is 2.38. The van der Waals surface area contributed by atoms with E-state index in [4.69, 9.17) is 38.4 Å². The van der Waals surface area contributed by atoms with Gasteiger partial charge in [0.1, 0.15) is 49.8 Å². The molecule has 2 fully saturated rings. The molecule has 2 amide bonds. The van der Waals surface area contributed by atoms with Crippen LogP contribution in [0.4, 0.5) is 0 Å². The SMILES string of the molecule is C/C(CCC(=O)N[C@@H](CCCCNC(=O)CC/C(C)=N/OCCO[C@H]1O[C@H](CCP(C)(=O)O)[C@@H](O)[C@H](O)[C@@H]1O)C(C)(C)C)=N/OCCO[C@H]1O[C@H](CCP(=O)(O)O)[C@@H](O)[C@H](O)[C@@H]1O. The Bertz CT molecular complexity index is 1540. The Morgan fingerprint density at radius 1 is 0.667 bits per heavy atom. The number of aliphatic hydroxyl groups is 6. The minimum atomic E-state index is -4.38. The van der Waals surface area contributed by atoms with Gasteiger partial charge in [0.15, 0.2) is 19.9 Å². The average molecular weight is 951 g/mol. The summed E-state index contributed by atoms with van der Waals surface area (Å²) >= 11 is 0. The number of nitrogens with zero attached hydrogens (tertiary/aromatic N) is 2. The first-order chi connectivity index (χ1) is 29.3. The molecule has 11 N–H and O–H groups in total. The summed E-state index contributed by atoms with van der Waals surface area (Å²) < 4.78 is 44.6. The van der Waals surface area contributed by atoms with Crippen LogP contribution in [0.1, 0.15) is 92.4 Å². The number of carbonyl (C=O) groups excluding carboxylic acids is 2. The van der Waals surface area contributed by atoms with Gasteiger partial charge in [-0.05, 0) is 64.2 Å². The number of oxime groups is 2. The van der Waals surface area contributed by atoms with E-state index in [1.165, 1.54) is 6.66 Å². The molecule has 0 saturated carbocycles. The Hall–Kier alpha value is -2.18. The number of hydrogen-bond donors (Lipinski definition) is 11. The second kappa shape index (κ2) is 27.5. The number of aliphatic hydroxyl groups excluding tert-OH is 6. The number of rotatable bonds is 28. The lowest BCUT2D eigenvalue weighted by Gasteiger charge is -2.40. The summed E-state index contributed by atoms with van der Waals surface area (Å²) in [6.45, 7) is 10.8. The van der Waals surface area contributed by atoms with Gasteiger partial charge < -0.3 is 84.6 Å². The summed E-state index contributed by atoms with van der Waals surface area (Å²) in [7, 11) is -7.76. The predicted octanol–water partition coefficient (Wildman–Crippen LogP) is -0.344. The molecule has 2 saturated heterocycles. The third-order valence-corrected chi connectivity index (χ3v) is 12.2. The minimum Gasteiger partial charge on any atom is -0.393 e. The lowest BCUT2D eigenvalue weighted by molar-refractivity contribution is -0.298. The molecule has 25 heteroatoms. The summed E-state index contributed by atoms with van der Waals surface area (Å²) in [5.74, 6) is -0.324. The van der Waals surface area contributed by atoms with E-state index in [1.54, 1.807) is 13.8 Å². The van der Waals surface area contributed by atoms with Gasteiger partial charge in [-0.1, -0.05) is 31.1 Å². The second-order valence-electron chi connectivity index (χ2n) is 17.2. The van der Waals surface area contributed by atoms with E-state index in [-0.39, 0.29) is 81.5 Å². The summed E-state index contributed by atoms with van der Waals surface area (Å²) in [6.07, 6.45) is -12.1. The fourth-order valence-electron chi connectivity index (χ4n) is 6.42. The first kappa shape index (κ1) is 56.9. The van der Waals surface area contributed by atoms with Crippen LogP contribution in [-0.2, 0) is 47.3 Å². The van der Waals surface area contributed by atoms with Gasteiger partial charge in [-0.15, -0.1) is 0 Å². The van der Waals surface area contributed by atoms with Crippen LogP contribution >= 0.6 is 15.0 Å². The average Bonchev–Trinajstić information content (AvgIpc) is 3.19. The van der Waals surface area contributed by atoms with Crippen molar-refractivity contribution < 1.29 is 92.7 Å². The molecule has 0 aromatic rings. The molecule has 0 radical (unpaired) electrons. The zero-order valence-electron chi connectivity index (χ0n) is 37.1. The van der Waals surface area contributed by atoms with E-state index in [0.717, 1.165) is 6.42 Å². The highest BCUT2D eigenvalue weighted by Gasteiger charge is 2.45. The topological polar surface area (TPSA) is 355 Å². The molecule has 63 heavy (non-hydrogen) atoms. The van der Waals surface area contributed by atoms with E-state index in [1.807, 2.05) is 20.8 Å². The lowest BCUT2D eigenvalue weighted by Crippen LogP contribution is -2.58. The molecule has 2 aliphatic rings. The molecule has 0 aromatic heterocycles. The highest BCUT2D eigenvalue weighted by atomic mass is 31.2. The van der Waals surface area contributed by atoms with Crippen LogP contribution in [0.2, 0.25) is 0 Å². The molecule has 2 rings (SSSR count). The van der Waals surface area contributed by atoms with Gasteiger partial charge >= 0.3 is 7.60 Å². The summed E-state index contributed by atoms with van der Waals surface area (Å²) in [6, 6.07) is -0.130. The van der Waals surface area contributed by atoms with Crippen molar-refractivity contribution in [2.75, 3.05) is 52.0 Å². The van der Waals surface area contributed by atoms with Crippen LogP contribution in [0.3, 0.4) is 0 Å². The molecule has 0 spiro atoms. The van der Waals surface area contributed by atoms with Crippen LogP contribution in [0.5, 0.6) is 0 Å². The molecule has 12 atom stereocenters. The maximum atomic E-state index is 12.9. The van der Waals surface area contributed by atoms with E-state index >= 15 is 0 Å². The van der Waals surface area contributed by atoms with Gasteiger partial charge in [-0.25, -0.2) is 0 Å². The zero-order valence-corrected chi connectivity index (χ0v) is 38.8. The number of unbranched alkanes of at least 4 members (excludes halogenated alkanes) is 1. The summed E-state index contributed by atoms with van der Waals surface area (Å²) in [5.41, 5.74) is 0.862. The lowest BCUT2D eigenvalue weighted by atomic mass is 9.83. The van der Waals surface area contributed by atoms with Gasteiger partial charge in [-0.3, -0.25) is 18.7 Å². The van der Waals surface area contributed by atoms with Crippen LogP contribution in [0.25, 0.3) is 0 Å². The van der Waals surface area contributed by atoms with Gasteiger partial charge in [0, 0.05) is 38.3 Å². The Morgan fingerprint density at radius 3 is 1.57 bits per heavy atom. The number of amides is 2. The van der Waals surface area contributed by atoms with Crippen molar-refractivity contribution in [3.8, 4) is 0 Å². The molecule has 0 aromatic carbocycles. The molecule has 0 bridgehead atoms. The predicted molar refractivity (Wildman–Crippen MR) is 227 cm³/mol. The summed E-state index contributed by atoms with van der Waals surface area (Å²) in [4.78, 5) is 63.5. The fraction of sp³-hybridized carbons (Fsp3) is 0.895. The van der Waals surface area contributed by atoms with Gasteiger partial charge in [-0.2, -0.15) is 0 Å². The molecule has 368 valence electrons. The maximum Gasteiger partial charge on any atom is 0.325 e. The Balaban J connectivity index is 1.62. The quantitative estimate of drug-likeness (QED) is 0.0207. The van der Waals surface area contributed by atoms with Crippen LogP contribution in [-0.4, -0.2) is 188 Å². The van der Waals surface area contributed by atoms with Gasteiger partial charge in [0.25, 0.3) is 0 Å². The van der Waals surface area contributed by atoms with E-state index in [0.29, 0.717) is 43.7 Å². The molecule has 1 unspecified atom stereocenters. The van der Waals surface area contributed by atoms with Gasteiger partial charge in [0.05, 0.1) is 43.0 Å². The van der Waals surface area contributed by atoms with Crippen LogP contribution < -0.4 is 10.6 Å². The van der Waals surface area contributed by atoms with Crippen molar-refractivity contribution >= 4 is 38.2 Å². The van der Waals surface area contributed by atoms with Crippen molar-refractivity contribution in [3.05, 3.63) is 0 Å². The Kier molecular flexibility index (Phi) is 24.8. The molecule has 0 aliphatic carbocycles. The van der Waals surface area contributed by atoms with E-state index in [9.17, 15) is 54.3 Å². The number of hydrogen-bond acceptors (Lipinski definition) is 18. The Morgan fingerprint density at radius 2 is 1.13 bits per heavy atom. The maximum absolute atomic E-state index is 12.9. The van der Waals surface area contributed by atoms with Crippen molar-refractivity contribution in [2.45, 2.75) is 160 Å². The van der Waals surface area contributed by atoms with Crippen LogP contribution in [0.15, 0.2) is 10.3 Å². The second-order valence-corrected chi connectivity index (χ2v) is 21.5. The Labute approximate surface area is 368 Å². The van der Waals surface area contributed by atoms with Crippen LogP contribution in [0, 0.1) is 5.41 Å². The van der Waals surface area contributed by atoms with Crippen molar-refractivity contribution in [1.29, 1.82) is 0 Å². The molecule has 2 aliphatic heterocycles. The van der Waals surface area contributed by atoms with E-state index in [2.05, 4.69) is 20.9 Å².